The highest BCUT2D eigenvalue weighted by molar-refractivity contribution is 5.87. The number of halogens is 1. The summed E-state index contributed by atoms with van der Waals surface area (Å²) in [6, 6.07) is 1.71. The number of aryl methyl sites for hydroxylation is 2. The van der Waals surface area contributed by atoms with Gasteiger partial charge in [-0.15, -0.1) is 0 Å². The van der Waals surface area contributed by atoms with Gasteiger partial charge in [0.25, 0.3) is 5.88 Å². The summed E-state index contributed by atoms with van der Waals surface area (Å²) in [7, 11) is 3.02. The minimum atomic E-state index is -1.47. The fraction of sp³-hybridized carbons (Fsp3) is 0.476. The van der Waals surface area contributed by atoms with Gasteiger partial charge in [0.1, 0.15) is 11.3 Å². The van der Waals surface area contributed by atoms with E-state index >= 15 is 0 Å². The van der Waals surface area contributed by atoms with Crippen LogP contribution in [0.25, 0.3) is 11.4 Å². The molecule has 1 N–H and O–H groups in total. The molecular weight excluding hydrogens is 395 g/mol. The summed E-state index contributed by atoms with van der Waals surface area (Å²) in [4.78, 5) is 27.5. The second-order valence-corrected chi connectivity index (χ2v) is 6.69. The molecule has 3 rings (SSSR count). The number of fused-ring (bicyclic) bond motifs is 3. The zero-order chi connectivity index (χ0) is 22.3. The lowest BCUT2D eigenvalue weighted by Crippen LogP contribution is -2.26. The first-order valence-corrected chi connectivity index (χ1v) is 9.75. The second kappa shape index (κ2) is 10.7. The molecular formula is C21H27FN2O6. The van der Waals surface area contributed by atoms with E-state index in [-0.39, 0.29) is 17.3 Å². The number of pyridine rings is 2. The van der Waals surface area contributed by atoms with Crippen LogP contribution >= 0.6 is 0 Å². The quantitative estimate of drug-likeness (QED) is 0.684. The van der Waals surface area contributed by atoms with Crippen molar-refractivity contribution in [3.05, 3.63) is 39.4 Å². The molecule has 9 heteroatoms. The number of rotatable bonds is 7. The molecule has 2 aromatic rings. The van der Waals surface area contributed by atoms with Gasteiger partial charge >= 0.3 is 5.97 Å². The Kier molecular flexibility index (Phi) is 8.35. The Balaban J connectivity index is 0.00000101. The maximum Gasteiger partial charge on any atom is 0.341 e. The molecule has 0 bridgehead atoms. The van der Waals surface area contributed by atoms with Crippen LogP contribution in [-0.4, -0.2) is 48.1 Å². The third-order valence-electron chi connectivity index (χ3n) is 4.28. The predicted molar refractivity (Wildman–Crippen MR) is 109 cm³/mol. The first-order valence-electron chi connectivity index (χ1n) is 9.75. The maximum absolute atomic E-state index is 14.7. The molecule has 0 saturated heterocycles. The second-order valence-electron chi connectivity index (χ2n) is 6.69. The molecule has 0 saturated carbocycles. The van der Waals surface area contributed by atoms with Crippen LogP contribution in [0.2, 0.25) is 0 Å². The summed E-state index contributed by atoms with van der Waals surface area (Å²) in [5.74, 6) is -2.02. The minimum absolute atomic E-state index is 0.0458. The molecule has 0 aliphatic carbocycles. The standard InChI is InChI=1S/C18H19FN2O6.C3H8/c1-25-6-3-7-27-12-8-10-4-5-21-9-11(18(23)24)16(22)13(19)15(21)14(10)20-17(12)26-2;1-3-2/h8-9H,3-7H2,1-2H3,(H,23,24);3H2,1-2H3. The molecule has 3 heterocycles. The van der Waals surface area contributed by atoms with Crippen LogP contribution in [0.15, 0.2) is 17.1 Å². The highest BCUT2D eigenvalue weighted by atomic mass is 19.1. The van der Waals surface area contributed by atoms with E-state index in [9.17, 15) is 14.0 Å². The molecule has 0 atom stereocenters. The van der Waals surface area contributed by atoms with Gasteiger partial charge in [-0.3, -0.25) is 4.79 Å². The van der Waals surface area contributed by atoms with Crippen molar-refractivity contribution in [2.24, 2.45) is 0 Å². The summed E-state index contributed by atoms with van der Waals surface area (Å²) < 4.78 is 32.0. The van der Waals surface area contributed by atoms with Crippen molar-refractivity contribution in [1.29, 1.82) is 0 Å². The number of nitrogens with zero attached hydrogens (tertiary/aromatic N) is 2. The van der Waals surface area contributed by atoms with Crippen molar-refractivity contribution in [2.75, 3.05) is 27.4 Å². The van der Waals surface area contributed by atoms with Gasteiger partial charge in [0.15, 0.2) is 11.6 Å². The normalized spacial score (nSPS) is 11.6. The zero-order valence-electron chi connectivity index (χ0n) is 17.7. The van der Waals surface area contributed by atoms with Crippen LogP contribution in [0.3, 0.4) is 0 Å². The summed E-state index contributed by atoms with van der Waals surface area (Å²) >= 11 is 0. The number of aromatic nitrogens is 2. The number of hydrogen-bond donors (Lipinski definition) is 1. The first kappa shape index (κ1) is 23.3. The van der Waals surface area contributed by atoms with Gasteiger partial charge in [0.2, 0.25) is 5.43 Å². The highest BCUT2D eigenvalue weighted by Crippen LogP contribution is 2.36. The van der Waals surface area contributed by atoms with Crippen LogP contribution in [-0.2, 0) is 17.7 Å². The number of aromatic carboxylic acids is 1. The lowest BCUT2D eigenvalue weighted by atomic mass is 10.0. The van der Waals surface area contributed by atoms with Crippen LogP contribution < -0.4 is 14.9 Å². The van der Waals surface area contributed by atoms with Crippen molar-refractivity contribution in [1.82, 2.24) is 9.55 Å². The molecule has 0 aromatic carbocycles. The molecule has 1 aliphatic rings. The monoisotopic (exact) mass is 422 g/mol. The number of hydrogen-bond acceptors (Lipinski definition) is 6. The molecule has 0 fully saturated rings. The van der Waals surface area contributed by atoms with E-state index in [1.54, 1.807) is 13.2 Å². The fourth-order valence-corrected chi connectivity index (χ4v) is 2.99. The van der Waals surface area contributed by atoms with E-state index in [0.29, 0.717) is 43.9 Å². The predicted octanol–water partition coefficient (Wildman–Crippen LogP) is 3.14. The lowest BCUT2D eigenvalue weighted by Gasteiger charge is -2.23. The summed E-state index contributed by atoms with van der Waals surface area (Å²) in [5.41, 5.74) is -0.879. The largest absolute Gasteiger partial charge is 0.488 e. The van der Waals surface area contributed by atoms with Gasteiger partial charge in [-0.25, -0.2) is 14.2 Å². The van der Waals surface area contributed by atoms with Crippen molar-refractivity contribution >= 4 is 5.97 Å². The molecule has 0 spiro atoms. The Labute approximate surface area is 174 Å². The molecule has 0 unspecified atom stereocenters. The van der Waals surface area contributed by atoms with Crippen LogP contribution in [0, 0.1) is 5.82 Å². The van der Waals surface area contributed by atoms with Crippen molar-refractivity contribution < 1.29 is 28.5 Å². The highest BCUT2D eigenvalue weighted by Gasteiger charge is 2.28. The van der Waals surface area contributed by atoms with E-state index in [1.165, 1.54) is 18.1 Å². The van der Waals surface area contributed by atoms with Crippen molar-refractivity contribution in [3.63, 3.8) is 0 Å². The van der Waals surface area contributed by atoms with Crippen LogP contribution in [0.4, 0.5) is 4.39 Å². The summed E-state index contributed by atoms with van der Waals surface area (Å²) in [5, 5.41) is 9.09. The molecule has 30 heavy (non-hydrogen) atoms. The average molecular weight is 422 g/mol. The van der Waals surface area contributed by atoms with Gasteiger partial charge < -0.3 is 23.9 Å². The third-order valence-corrected chi connectivity index (χ3v) is 4.28. The fourth-order valence-electron chi connectivity index (χ4n) is 2.99. The Hall–Kier alpha value is -2.94. The number of methoxy groups -OCH3 is 2. The van der Waals surface area contributed by atoms with Crippen LogP contribution in [0.1, 0.15) is 42.6 Å². The minimum Gasteiger partial charge on any atom is -0.488 e. The van der Waals surface area contributed by atoms with Gasteiger partial charge in [-0.05, 0) is 18.1 Å². The number of carbonyl (C=O) groups is 1. The van der Waals surface area contributed by atoms with Gasteiger partial charge in [0, 0.05) is 32.9 Å². The molecule has 1 aliphatic heterocycles. The van der Waals surface area contributed by atoms with Gasteiger partial charge in [0.05, 0.1) is 19.4 Å². The molecule has 8 nitrogen and oxygen atoms in total. The maximum atomic E-state index is 14.7. The summed E-state index contributed by atoms with van der Waals surface area (Å²) in [6.07, 6.45) is 3.56. The molecule has 0 radical (unpaired) electrons. The first-order chi connectivity index (χ1) is 14.4. The molecule has 2 aromatic heterocycles. The topological polar surface area (TPSA) is 99.9 Å². The van der Waals surface area contributed by atoms with E-state index in [2.05, 4.69) is 18.8 Å². The Morgan fingerprint density at radius 2 is 2.00 bits per heavy atom. The van der Waals surface area contributed by atoms with Gasteiger partial charge in [-0.1, -0.05) is 20.3 Å². The number of carboxylic acids is 1. The van der Waals surface area contributed by atoms with E-state index in [1.807, 2.05) is 0 Å². The number of ether oxygens (including phenoxy) is 3. The van der Waals surface area contributed by atoms with Gasteiger partial charge in [-0.2, -0.15) is 0 Å². The Morgan fingerprint density at radius 1 is 1.30 bits per heavy atom. The lowest BCUT2D eigenvalue weighted by molar-refractivity contribution is 0.0693. The van der Waals surface area contributed by atoms with E-state index in [0.717, 1.165) is 6.20 Å². The Morgan fingerprint density at radius 3 is 2.60 bits per heavy atom. The van der Waals surface area contributed by atoms with E-state index < -0.39 is 22.8 Å². The Bertz CT molecular complexity index is 957. The zero-order valence-corrected chi connectivity index (χ0v) is 17.7. The average Bonchev–Trinajstić information content (AvgIpc) is 2.73. The van der Waals surface area contributed by atoms with Crippen LogP contribution in [0.5, 0.6) is 11.6 Å². The van der Waals surface area contributed by atoms with Crippen molar-refractivity contribution in [3.8, 4) is 23.0 Å². The SMILES string of the molecule is CCC.COCCCOc1cc2c(nc1OC)-c1c(F)c(=O)c(C(=O)O)cn1CC2. The molecule has 164 valence electrons. The number of carboxylic acid groups (broad SMARTS) is 1. The third kappa shape index (κ3) is 4.96. The summed E-state index contributed by atoms with van der Waals surface area (Å²) in [6.45, 7) is 5.52. The smallest absolute Gasteiger partial charge is 0.341 e. The van der Waals surface area contributed by atoms with Crippen molar-refractivity contribution in [2.45, 2.75) is 39.7 Å². The molecule has 0 amide bonds. The van der Waals surface area contributed by atoms with E-state index in [4.69, 9.17) is 19.3 Å².